The molecule has 0 saturated heterocycles. The van der Waals surface area contributed by atoms with E-state index >= 15 is 0 Å². The molecule has 0 radical (unpaired) electrons. The molecule has 6 unspecified atom stereocenters. The first-order valence-electron chi connectivity index (χ1n) is 9.91. The summed E-state index contributed by atoms with van der Waals surface area (Å²) in [5.74, 6) is -0.224. The number of allylic oxidation sites excluding steroid dienone is 1. The molecule has 4 aliphatic rings. The highest BCUT2D eigenvalue weighted by Gasteiger charge is 2.68. The molecule has 144 valence electrons. The van der Waals surface area contributed by atoms with Crippen LogP contribution in [-0.2, 0) is 9.59 Å². The lowest BCUT2D eigenvalue weighted by atomic mass is 9.45. The molecule has 0 aromatic carbocycles. The first-order chi connectivity index (χ1) is 12.2. The van der Waals surface area contributed by atoms with E-state index in [0.29, 0.717) is 19.3 Å². The monoisotopic (exact) mass is 364 g/mol. The minimum absolute atomic E-state index is 0.0384. The molecule has 4 rings (SSSR count). The summed E-state index contributed by atoms with van der Waals surface area (Å²) in [4.78, 5) is 24.1. The van der Waals surface area contributed by atoms with Gasteiger partial charge in [-0.05, 0) is 67.8 Å². The second kappa shape index (κ2) is 5.71. The largest absolute Gasteiger partial charge is 0.393 e. The normalized spacial score (nSPS) is 50.5. The number of carbonyl (C=O) groups excluding carboxylic acids is 2. The van der Waals surface area contributed by atoms with Crippen molar-refractivity contribution in [3.63, 3.8) is 0 Å². The van der Waals surface area contributed by atoms with E-state index in [0.717, 1.165) is 24.8 Å². The Morgan fingerprint density at radius 3 is 2.69 bits per heavy atom. The van der Waals surface area contributed by atoms with Crippen molar-refractivity contribution in [3.8, 4) is 0 Å². The van der Waals surface area contributed by atoms with Crippen LogP contribution in [-0.4, -0.2) is 40.2 Å². The molecule has 0 aromatic heterocycles. The third kappa shape index (κ3) is 2.13. The van der Waals surface area contributed by atoms with E-state index in [4.69, 9.17) is 0 Å². The predicted octanol–water partition coefficient (Wildman–Crippen LogP) is 2.76. The fraction of sp³-hybridized carbons (Fsp3) is 0.810. The zero-order chi connectivity index (χ0) is 18.9. The Morgan fingerprint density at radius 2 is 2.00 bits per heavy atom. The van der Waals surface area contributed by atoms with Gasteiger partial charge in [-0.3, -0.25) is 9.59 Å². The van der Waals surface area contributed by atoms with Gasteiger partial charge in [-0.15, -0.1) is 0 Å². The molecule has 0 spiro atoms. The zero-order valence-electron chi connectivity index (χ0n) is 15.6. The smallest absolute Gasteiger partial charge is 0.195 e. The summed E-state index contributed by atoms with van der Waals surface area (Å²) < 4.78 is 13.2. The van der Waals surface area contributed by atoms with E-state index in [1.54, 1.807) is 6.08 Å². The Labute approximate surface area is 153 Å². The average molecular weight is 364 g/mol. The van der Waals surface area contributed by atoms with Crippen molar-refractivity contribution < 1.29 is 24.2 Å². The van der Waals surface area contributed by atoms with Gasteiger partial charge in [-0.2, -0.15) is 0 Å². The third-order valence-corrected chi connectivity index (χ3v) is 8.63. The van der Waals surface area contributed by atoms with Crippen LogP contribution in [0.5, 0.6) is 0 Å². The maximum absolute atomic E-state index is 13.2. The highest BCUT2D eigenvalue weighted by atomic mass is 19.1. The van der Waals surface area contributed by atoms with Gasteiger partial charge in [0, 0.05) is 11.8 Å². The van der Waals surface area contributed by atoms with Crippen molar-refractivity contribution >= 4 is 11.6 Å². The average Bonchev–Trinajstić information content (AvgIpc) is 2.86. The molecule has 3 fully saturated rings. The lowest BCUT2D eigenvalue weighted by Crippen LogP contribution is -2.61. The molecule has 0 heterocycles. The van der Waals surface area contributed by atoms with E-state index in [2.05, 4.69) is 6.92 Å². The van der Waals surface area contributed by atoms with Crippen LogP contribution in [0, 0.1) is 28.6 Å². The summed E-state index contributed by atoms with van der Waals surface area (Å²) in [7, 11) is 0. The second-order valence-corrected chi connectivity index (χ2v) is 9.53. The van der Waals surface area contributed by atoms with E-state index < -0.39 is 29.6 Å². The van der Waals surface area contributed by atoms with E-state index in [-0.39, 0.29) is 35.4 Å². The van der Waals surface area contributed by atoms with Gasteiger partial charge in [0.2, 0.25) is 0 Å². The van der Waals surface area contributed by atoms with Crippen LogP contribution in [0.15, 0.2) is 11.6 Å². The Hall–Kier alpha value is -1.07. The fourth-order valence-corrected chi connectivity index (χ4v) is 7.26. The second-order valence-electron chi connectivity index (χ2n) is 9.53. The highest BCUT2D eigenvalue weighted by molar-refractivity contribution is 5.91. The van der Waals surface area contributed by atoms with Crippen molar-refractivity contribution in [3.05, 3.63) is 11.6 Å². The first-order valence-corrected chi connectivity index (χ1v) is 9.91. The minimum Gasteiger partial charge on any atom is -0.393 e. The minimum atomic E-state index is -1.67. The molecule has 2 N–H and O–H groups in total. The number of hydrogen-bond donors (Lipinski definition) is 2. The molecule has 4 aliphatic carbocycles. The summed E-state index contributed by atoms with van der Waals surface area (Å²) in [6.07, 6.45) is 5.39. The Morgan fingerprint density at radius 1 is 1.27 bits per heavy atom. The summed E-state index contributed by atoms with van der Waals surface area (Å²) >= 11 is 0. The first kappa shape index (κ1) is 18.3. The number of aliphatic hydroxyl groups excluding tert-OH is 1. The molecule has 4 nitrogen and oxygen atoms in total. The van der Waals surface area contributed by atoms with Gasteiger partial charge < -0.3 is 10.2 Å². The van der Waals surface area contributed by atoms with Gasteiger partial charge >= 0.3 is 0 Å². The van der Waals surface area contributed by atoms with Crippen LogP contribution in [0.2, 0.25) is 0 Å². The molecular formula is C21H29FO4. The zero-order valence-corrected chi connectivity index (χ0v) is 15.6. The molecule has 5 heteroatoms. The van der Waals surface area contributed by atoms with Crippen molar-refractivity contribution in [2.45, 2.75) is 70.5 Å². The van der Waals surface area contributed by atoms with E-state index in [1.165, 1.54) is 0 Å². The van der Waals surface area contributed by atoms with Crippen LogP contribution < -0.4 is 0 Å². The quantitative estimate of drug-likeness (QED) is 0.790. The van der Waals surface area contributed by atoms with E-state index in [9.17, 15) is 24.2 Å². The molecular weight excluding hydrogens is 335 g/mol. The maximum Gasteiger partial charge on any atom is 0.195 e. The summed E-state index contributed by atoms with van der Waals surface area (Å²) in [5, 5.41) is 22.2. The van der Waals surface area contributed by atoms with Gasteiger partial charge in [-0.25, -0.2) is 4.39 Å². The molecule has 26 heavy (non-hydrogen) atoms. The number of fused-ring (bicyclic) bond motifs is 5. The summed E-state index contributed by atoms with van der Waals surface area (Å²) in [6, 6.07) is 0. The maximum atomic E-state index is 13.2. The van der Waals surface area contributed by atoms with Crippen LogP contribution in [0.25, 0.3) is 0 Å². The van der Waals surface area contributed by atoms with Gasteiger partial charge in [0.1, 0.15) is 5.60 Å². The molecule has 0 aliphatic heterocycles. The highest BCUT2D eigenvalue weighted by Crippen LogP contribution is 2.67. The van der Waals surface area contributed by atoms with Crippen molar-refractivity contribution in [2.24, 2.45) is 28.6 Å². The molecule has 0 aromatic rings. The Bertz CT molecular complexity index is 687. The lowest BCUT2D eigenvalue weighted by Gasteiger charge is -2.60. The van der Waals surface area contributed by atoms with Crippen LogP contribution >= 0.6 is 0 Å². The van der Waals surface area contributed by atoms with Crippen molar-refractivity contribution in [1.82, 2.24) is 0 Å². The van der Waals surface area contributed by atoms with Crippen LogP contribution in [0.1, 0.15) is 58.8 Å². The van der Waals surface area contributed by atoms with Gasteiger partial charge in [0.25, 0.3) is 0 Å². The fourth-order valence-electron chi connectivity index (χ4n) is 7.26. The molecule has 0 amide bonds. The predicted molar refractivity (Wildman–Crippen MR) is 94.0 cm³/mol. The SMILES string of the molecule is CC12CCC(=O)C=C1CCC1C2C(O)CC2(C)C1CC[C@]2(O)C(=O)CF. The summed E-state index contributed by atoms with van der Waals surface area (Å²) in [6.45, 7) is 2.88. The molecule has 0 bridgehead atoms. The number of carbonyl (C=O) groups is 2. The van der Waals surface area contributed by atoms with Crippen LogP contribution in [0.3, 0.4) is 0 Å². The van der Waals surface area contributed by atoms with Gasteiger partial charge in [0.15, 0.2) is 18.2 Å². The number of aliphatic hydroxyl groups is 2. The topological polar surface area (TPSA) is 74.6 Å². The standard InChI is InChI=1S/C21H29FO4/c1-19-7-5-13(23)9-12(19)3-4-14-15-6-8-21(26,17(25)11-22)20(15,2)10-16(24)18(14)19/h9,14-16,18,24,26H,3-8,10-11H2,1-2H3/t14?,15?,16?,18?,19?,20?,21-/m0/s1. The van der Waals surface area contributed by atoms with Gasteiger partial charge in [0.05, 0.1) is 6.10 Å². The van der Waals surface area contributed by atoms with Crippen molar-refractivity contribution in [1.29, 1.82) is 0 Å². The van der Waals surface area contributed by atoms with Gasteiger partial charge in [-0.1, -0.05) is 19.4 Å². The number of hydrogen-bond acceptors (Lipinski definition) is 4. The Kier molecular flexibility index (Phi) is 4.02. The Balaban J connectivity index is 1.74. The van der Waals surface area contributed by atoms with Crippen molar-refractivity contribution in [2.75, 3.05) is 6.67 Å². The lowest BCUT2D eigenvalue weighted by molar-refractivity contribution is -0.181. The molecule has 3 saturated carbocycles. The molecule has 7 atom stereocenters. The number of alkyl halides is 1. The van der Waals surface area contributed by atoms with Crippen LogP contribution in [0.4, 0.5) is 4.39 Å². The number of ketones is 2. The number of Topliss-reactive ketones (excluding diaryl/α,β-unsaturated/α-hetero) is 1. The number of rotatable bonds is 2. The third-order valence-electron chi connectivity index (χ3n) is 8.63. The van der Waals surface area contributed by atoms with E-state index in [1.807, 2.05) is 6.92 Å². The number of halogens is 1. The summed E-state index contributed by atoms with van der Waals surface area (Å²) in [5.41, 5.74) is -1.48.